The fourth-order valence-corrected chi connectivity index (χ4v) is 4.22. The lowest BCUT2D eigenvalue weighted by molar-refractivity contribution is -0.444. The van der Waals surface area contributed by atoms with Gasteiger partial charge in [-0.05, 0) is 13.8 Å². The lowest BCUT2D eigenvalue weighted by Crippen LogP contribution is -2.74. The summed E-state index contributed by atoms with van der Waals surface area (Å²) in [4.78, 5) is 0. The van der Waals surface area contributed by atoms with Crippen LogP contribution in [0.1, 0.15) is 20.8 Å². The van der Waals surface area contributed by atoms with Crippen molar-refractivity contribution in [3.05, 3.63) is 0 Å². The highest BCUT2D eigenvalue weighted by molar-refractivity contribution is 7.81. The molecule has 72 heavy (non-hydrogen) atoms. The number of rotatable bonds is 23. The molecule has 0 spiro atoms. The summed E-state index contributed by atoms with van der Waals surface area (Å²) >= 11 is 0. The topological polar surface area (TPSA) is 199 Å². The van der Waals surface area contributed by atoms with E-state index in [1.807, 2.05) is 4.18 Å². The molecule has 0 saturated heterocycles. The zero-order valence-corrected chi connectivity index (χ0v) is 35.0. The minimum Gasteiger partial charge on any atom is -0.726 e. The summed E-state index contributed by atoms with van der Waals surface area (Å²) in [6, 6.07) is 0. The van der Waals surface area contributed by atoms with Gasteiger partial charge in [0.15, 0.2) is 12.3 Å². The lowest BCUT2D eigenvalue weighted by atomic mass is 9.88. The first-order chi connectivity index (χ1) is 30.3. The number of hydrogen-bond acceptors (Lipinski definition) is 12. The lowest BCUT2D eigenvalue weighted by Gasteiger charge is -2.42. The van der Waals surface area contributed by atoms with Crippen molar-refractivity contribution in [1.29, 1.82) is 0 Å². The molecule has 2 unspecified atom stereocenters. The maximum atomic E-state index is 13.3. The van der Waals surface area contributed by atoms with Crippen LogP contribution in [0.5, 0.6) is 0 Å². The predicted octanol–water partition coefficient (Wildman–Crippen LogP) is 9.25. The van der Waals surface area contributed by atoms with E-state index in [0.717, 1.165) is 0 Å². The Morgan fingerprint density at radius 1 is 0.347 bits per heavy atom. The summed E-state index contributed by atoms with van der Waals surface area (Å²) in [5, 5.41) is 0. The van der Waals surface area contributed by atoms with Crippen molar-refractivity contribution in [3.63, 3.8) is 0 Å². The van der Waals surface area contributed by atoms with Crippen molar-refractivity contribution >= 4 is 31.2 Å². The molecule has 0 aliphatic heterocycles. The first kappa shape index (κ1) is 73.5. The van der Waals surface area contributed by atoms with Gasteiger partial charge in [0.1, 0.15) is 13.2 Å². The molecular weight excluding hydrogens is 1210 g/mol. The number of halogens is 34. The molecule has 0 fully saturated rings. The van der Waals surface area contributed by atoms with Gasteiger partial charge in [-0.3, -0.25) is 8.37 Å². The Morgan fingerprint density at radius 2 is 0.556 bits per heavy atom. The van der Waals surface area contributed by atoms with Gasteiger partial charge in [-0.25, -0.2) is 38.2 Å². The van der Waals surface area contributed by atoms with Crippen molar-refractivity contribution in [2.24, 2.45) is 0 Å². The molecule has 0 radical (unpaired) electrons. The van der Waals surface area contributed by atoms with Gasteiger partial charge in [0.2, 0.25) is 31.2 Å². The highest BCUT2D eigenvalue weighted by Gasteiger charge is 2.93. The largest absolute Gasteiger partial charge is 0.726 e. The van der Waals surface area contributed by atoms with E-state index in [1.165, 1.54) is 0 Å². The molecule has 49 heteroatoms. The van der Waals surface area contributed by atoms with Crippen molar-refractivity contribution < 1.29 is 201 Å². The van der Waals surface area contributed by atoms with Gasteiger partial charge in [0.05, 0.1) is 0 Å². The molecule has 12 nitrogen and oxygen atoms in total. The molecule has 0 amide bonds. The Labute approximate surface area is 373 Å². The van der Waals surface area contributed by atoms with Crippen LogP contribution < -0.4 is 0 Å². The minimum atomic E-state index is -8.44. The van der Waals surface area contributed by atoms with E-state index >= 15 is 0 Å². The fourth-order valence-electron chi connectivity index (χ4n) is 3.28. The van der Waals surface area contributed by atoms with Crippen molar-refractivity contribution in [2.45, 2.75) is 128 Å². The van der Waals surface area contributed by atoms with Crippen molar-refractivity contribution in [3.8, 4) is 0 Å². The summed E-state index contributed by atoms with van der Waals surface area (Å²) in [5.41, 5.74) is 0. The van der Waals surface area contributed by atoms with Gasteiger partial charge in [-0.2, -0.15) is 140 Å². The number of hydrogen-bond donors (Lipinski definition) is 0. The van der Waals surface area contributed by atoms with Crippen LogP contribution in [0.15, 0.2) is 0 Å². The van der Waals surface area contributed by atoms with Crippen LogP contribution in [0.3, 0.4) is 0 Å². The molecule has 0 saturated carbocycles. The quantitative estimate of drug-likeness (QED) is 0.0535. The zero-order chi connectivity index (χ0) is 60.2. The van der Waals surface area contributed by atoms with Crippen molar-refractivity contribution in [1.82, 2.24) is 0 Å². The standard InChI is InChI=1S/C10H7F15O4S.C8H7F11O4S.C5H4F8O4S/c1-3(11)5(14,15)7(18,19)9(22,23)10(24,25)8(20,21)6(16,17)4(12,13)2-29-30(26,27)28;1-3(9)5(12,13)7(16,17)8(18,19)6(14,15)4(10,11)2-23-24(20,21)22;1-2(6,7)3(8,9)4(10,11)5(12,13)17-18(14,15)16/h3H,2H2,1H3,(H,26,27,28);3H,2H2,1H3,(H,20,21,22);1H3,(H,14,15,16)/p-3. The van der Waals surface area contributed by atoms with E-state index in [4.69, 9.17) is 0 Å². The molecule has 0 rings (SSSR count). The van der Waals surface area contributed by atoms with Gasteiger partial charge < -0.3 is 13.7 Å². The first-order valence-corrected chi connectivity index (χ1v) is 19.5. The maximum absolute atomic E-state index is 13.3. The van der Waals surface area contributed by atoms with Crippen LogP contribution in [0.2, 0.25) is 0 Å². The molecule has 0 bridgehead atoms. The van der Waals surface area contributed by atoms with Gasteiger partial charge in [0.25, 0.3) is 0 Å². The van der Waals surface area contributed by atoms with E-state index in [0.29, 0.717) is 0 Å². The normalized spacial score (nSPS) is 16.8. The summed E-state index contributed by atoms with van der Waals surface area (Å²) in [6.07, 6.45) is -15.3. The highest BCUT2D eigenvalue weighted by atomic mass is 32.3. The molecule has 0 heterocycles. The van der Waals surface area contributed by atoms with Gasteiger partial charge >= 0.3 is 94.9 Å². The van der Waals surface area contributed by atoms with Gasteiger partial charge in [0, 0.05) is 6.92 Å². The first-order valence-electron chi connectivity index (χ1n) is 15.5. The van der Waals surface area contributed by atoms with E-state index < -0.39 is 172 Å². The average Bonchev–Trinajstić information content (AvgIpc) is 3.10. The maximum Gasteiger partial charge on any atom is 0.439 e. The molecule has 0 aromatic heterocycles. The third-order valence-corrected chi connectivity index (χ3v) is 8.63. The Balaban J connectivity index is -0.00000102. The van der Waals surface area contributed by atoms with Crippen LogP contribution in [-0.2, 0) is 43.7 Å². The summed E-state index contributed by atoms with van der Waals surface area (Å²) in [6.45, 7) is -8.88. The van der Waals surface area contributed by atoms with Gasteiger partial charge in [-0.15, -0.1) is 0 Å². The molecule has 0 aliphatic rings. The Kier molecular flexibility index (Phi) is 21.1. The molecule has 438 valence electrons. The monoisotopic (exact) mass is 1220 g/mol. The summed E-state index contributed by atoms with van der Waals surface area (Å²) in [5.74, 6) is -109. The Morgan fingerprint density at radius 3 is 0.750 bits per heavy atom. The molecule has 0 N–H and O–H groups in total. The van der Waals surface area contributed by atoms with Crippen LogP contribution in [0.4, 0.5) is 149 Å². The van der Waals surface area contributed by atoms with Crippen LogP contribution in [0, 0.1) is 0 Å². The van der Waals surface area contributed by atoms with Crippen LogP contribution in [-0.4, -0.2) is 159 Å². The SMILES string of the molecule is CC(F)(F)C(F)(F)C(F)(F)C(F)(F)OS(=O)(=O)[O-].CC(F)C(F)(F)C(F)(F)C(F)(F)C(F)(F)C(F)(F)C(F)(F)C(F)(F)COS(=O)(=O)[O-].CC(F)C(F)(F)C(F)(F)C(F)(F)C(F)(F)C(F)(F)COS(=O)(=O)[O-]. The second-order valence-electron chi connectivity index (χ2n) is 12.9. The molecule has 0 aromatic rings. The second kappa shape index (κ2) is 20.6. The third kappa shape index (κ3) is 13.8. The number of alkyl halides is 34. The molecule has 0 aliphatic carbocycles. The second-order valence-corrected chi connectivity index (χ2v) is 16.0. The van der Waals surface area contributed by atoms with Crippen LogP contribution in [0.25, 0.3) is 0 Å². The fraction of sp³-hybridized carbons (Fsp3) is 1.00. The van der Waals surface area contributed by atoms with E-state index in [2.05, 4.69) is 8.37 Å². The van der Waals surface area contributed by atoms with Crippen molar-refractivity contribution in [2.75, 3.05) is 13.2 Å². The Bertz CT molecular complexity index is 2170. The van der Waals surface area contributed by atoms with E-state index in [1.54, 1.807) is 0 Å². The molecular formula is C23H15F34O12S3-3. The third-order valence-electron chi connectivity index (χ3n) is 7.41. The van der Waals surface area contributed by atoms with Crippen LogP contribution >= 0.6 is 0 Å². The minimum absolute atomic E-state index is 0.423. The average molecular weight is 1230 g/mol. The molecule has 0 aromatic carbocycles. The summed E-state index contributed by atoms with van der Waals surface area (Å²) in [7, 11) is -19.1. The molecule has 2 atom stereocenters. The smallest absolute Gasteiger partial charge is 0.439 e. The van der Waals surface area contributed by atoms with Gasteiger partial charge in [-0.1, -0.05) is 0 Å². The van der Waals surface area contributed by atoms with E-state index in [-0.39, 0.29) is 0 Å². The Hall–Kier alpha value is -2.77. The highest BCUT2D eigenvalue weighted by Crippen LogP contribution is 2.63. The summed E-state index contributed by atoms with van der Waals surface area (Å²) < 4.78 is 532. The zero-order valence-electron chi connectivity index (χ0n) is 32.5. The predicted molar refractivity (Wildman–Crippen MR) is 148 cm³/mol. The van der Waals surface area contributed by atoms with E-state index in [9.17, 15) is 188 Å².